The molecule has 2 fully saturated rings. The van der Waals surface area contributed by atoms with Crippen LogP contribution >= 0.6 is 11.3 Å². The van der Waals surface area contributed by atoms with Gasteiger partial charge in [0.05, 0.1) is 18.0 Å². The molecule has 2 aromatic rings. The third-order valence-corrected chi connectivity index (χ3v) is 8.99. The number of pyridine rings is 1. The Morgan fingerprint density at radius 3 is 2.34 bits per heavy atom. The summed E-state index contributed by atoms with van der Waals surface area (Å²) in [6.07, 6.45) is 10.6. The van der Waals surface area contributed by atoms with Crippen LogP contribution in [0.25, 0.3) is 0 Å². The maximum atomic E-state index is 14.0. The van der Waals surface area contributed by atoms with Crippen LogP contribution in [0.3, 0.4) is 0 Å². The molecular weight excluding hydrogens is 460 g/mol. The number of hydrogen-bond donors (Lipinski definition) is 1. The maximum Gasteiger partial charge on any atom is 0.348 e. The Labute approximate surface area is 212 Å². The lowest BCUT2D eigenvalue weighted by molar-refractivity contribution is -0.124. The van der Waals surface area contributed by atoms with Gasteiger partial charge in [0, 0.05) is 23.0 Å². The zero-order valence-corrected chi connectivity index (χ0v) is 22.1. The highest BCUT2D eigenvalue weighted by molar-refractivity contribution is 7.14. The van der Waals surface area contributed by atoms with Crippen LogP contribution in [0, 0.1) is 11.8 Å². The lowest BCUT2D eigenvalue weighted by Crippen LogP contribution is -2.47. The molecule has 0 unspecified atom stereocenters. The van der Waals surface area contributed by atoms with E-state index in [4.69, 9.17) is 4.74 Å². The molecule has 1 N–H and O–H groups in total. The van der Waals surface area contributed by atoms with E-state index < -0.39 is 5.97 Å². The van der Waals surface area contributed by atoms with Crippen LogP contribution in [-0.4, -0.2) is 34.1 Å². The molecule has 190 valence electrons. The summed E-state index contributed by atoms with van der Waals surface area (Å²) >= 11 is 1.31. The van der Waals surface area contributed by atoms with Gasteiger partial charge in [-0.1, -0.05) is 27.7 Å². The second kappa shape index (κ2) is 10.7. The van der Waals surface area contributed by atoms with Gasteiger partial charge in [0.15, 0.2) is 0 Å². The van der Waals surface area contributed by atoms with E-state index in [9.17, 15) is 14.7 Å². The van der Waals surface area contributed by atoms with Crippen LogP contribution in [0.5, 0.6) is 5.75 Å². The molecule has 7 heteroatoms. The number of carboxylic acids is 1. The van der Waals surface area contributed by atoms with Crippen LogP contribution in [0.4, 0.5) is 5.69 Å². The number of ether oxygens (including phenoxy) is 1. The Morgan fingerprint density at radius 1 is 1.09 bits per heavy atom. The zero-order chi connectivity index (χ0) is 25.2. The number of nitrogens with zero attached hydrogens (tertiary/aromatic N) is 2. The number of carboxylic acid groups (broad SMARTS) is 1. The molecule has 4 rings (SSSR count). The summed E-state index contributed by atoms with van der Waals surface area (Å²) in [4.78, 5) is 33.6. The van der Waals surface area contributed by atoms with Crippen molar-refractivity contribution in [3.63, 3.8) is 0 Å². The van der Waals surface area contributed by atoms with E-state index in [2.05, 4.69) is 32.7 Å². The van der Waals surface area contributed by atoms with E-state index in [1.165, 1.54) is 11.3 Å². The van der Waals surface area contributed by atoms with Gasteiger partial charge >= 0.3 is 5.97 Å². The minimum atomic E-state index is -0.954. The standard InChI is InChI=1S/C28H38N2O4S/c1-18-7-9-19(10-8-18)26(31)30(23-16-24(28(2,3)4)35-25(23)27(32)33)20-11-13-21(14-12-20)34-22-6-5-15-29-17-22/h5-6,15-21H,7-14H2,1-4H3,(H,32,33). The molecule has 2 saturated carbocycles. The minimum absolute atomic E-state index is 0.0175. The molecule has 2 aliphatic rings. The molecule has 2 heterocycles. The summed E-state index contributed by atoms with van der Waals surface area (Å²) < 4.78 is 6.13. The number of carbonyl (C=O) groups excluding carboxylic acids is 1. The Balaban J connectivity index is 1.60. The molecule has 0 saturated heterocycles. The highest BCUT2D eigenvalue weighted by Crippen LogP contribution is 2.42. The molecule has 6 nitrogen and oxygen atoms in total. The highest BCUT2D eigenvalue weighted by Gasteiger charge is 2.38. The molecule has 0 aromatic carbocycles. The summed E-state index contributed by atoms with van der Waals surface area (Å²) in [5.41, 5.74) is 0.407. The first-order valence-corrected chi connectivity index (χ1v) is 13.7. The van der Waals surface area contributed by atoms with Gasteiger partial charge in [0.25, 0.3) is 0 Å². The van der Waals surface area contributed by atoms with Crippen LogP contribution in [0.2, 0.25) is 0 Å². The predicted octanol–water partition coefficient (Wildman–Crippen LogP) is 6.69. The second-order valence-electron chi connectivity index (χ2n) is 11.3. The molecule has 0 atom stereocenters. The topological polar surface area (TPSA) is 79.7 Å². The molecule has 2 aromatic heterocycles. The number of aromatic carboxylic acids is 1. The summed E-state index contributed by atoms with van der Waals surface area (Å²) in [5, 5.41) is 10.1. The molecule has 0 aliphatic heterocycles. The maximum absolute atomic E-state index is 14.0. The van der Waals surface area contributed by atoms with Crippen LogP contribution in [0.1, 0.15) is 93.6 Å². The second-order valence-corrected chi connectivity index (χ2v) is 12.3. The monoisotopic (exact) mass is 498 g/mol. The number of amides is 1. The summed E-state index contributed by atoms with van der Waals surface area (Å²) in [7, 11) is 0. The number of hydrogen-bond acceptors (Lipinski definition) is 5. The highest BCUT2D eigenvalue weighted by atomic mass is 32.1. The molecule has 35 heavy (non-hydrogen) atoms. The molecule has 0 radical (unpaired) electrons. The fourth-order valence-corrected chi connectivity index (χ4v) is 6.36. The van der Waals surface area contributed by atoms with Crippen molar-refractivity contribution in [3.8, 4) is 5.75 Å². The van der Waals surface area contributed by atoms with Gasteiger partial charge in [-0.2, -0.15) is 0 Å². The Morgan fingerprint density at radius 2 is 1.77 bits per heavy atom. The Kier molecular flexibility index (Phi) is 7.84. The van der Waals surface area contributed by atoms with Gasteiger partial charge in [-0.3, -0.25) is 9.78 Å². The molecular formula is C28H38N2O4S. The normalized spacial score (nSPS) is 25.1. The first kappa shape index (κ1) is 25.7. The largest absolute Gasteiger partial charge is 0.489 e. The third kappa shape index (κ3) is 6.05. The van der Waals surface area contributed by atoms with Gasteiger partial charge in [0.1, 0.15) is 10.6 Å². The third-order valence-electron chi connectivity index (χ3n) is 7.45. The van der Waals surface area contributed by atoms with Crippen LogP contribution < -0.4 is 9.64 Å². The summed E-state index contributed by atoms with van der Waals surface area (Å²) in [5.74, 6) is 0.533. The zero-order valence-electron chi connectivity index (χ0n) is 21.3. The van der Waals surface area contributed by atoms with E-state index in [1.54, 1.807) is 12.4 Å². The van der Waals surface area contributed by atoms with Gasteiger partial charge in [-0.05, 0) is 80.9 Å². The SMILES string of the molecule is CC1CCC(C(=O)N(c2cc(C(C)(C)C)sc2C(=O)O)C2CCC(Oc3cccnc3)CC2)CC1. The summed E-state index contributed by atoms with van der Waals surface area (Å²) in [6, 6.07) is 5.73. The first-order valence-electron chi connectivity index (χ1n) is 12.9. The Hall–Kier alpha value is -2.41. The van der Waals surface area contributed by atoms with E-state index in [-0.39, 0.29) is 34.3 Å². The molecule has 1 amide bonds. The van der Waals surface area contributed by atoms with Crippen molar-refractivity contribution in [2.75, 3.05) is 4.90 Å². The van der Waals surface area contributed by atoms with Gasteiger partial charge < -0.3 is 14.7 Å². The number of rotatable bonds is 6. The van der Waals surface area contributed by atoms with E-state index >= 15 is 0 Å². The fraction of sp³-hybridized carbons (Fsp3) is 0.607. The van der Waals surface area contributed by atoms with Crippen molar-refractivity contribution >= 4 is 28.9 Å². The van der Waals surface area contributed by atoms with Gasteiger partial charge in [-0.25, -0.2) is 4.79 Å². The van der Waals surface area contributed by atoms with Crippen molar-refractivity contribution in [2.45, 2.75) is 96.6 Å². The minimum Gasteiger partial charge on any atom is -0.489 e. The van der Waals surface area contributed by atoms with Crippen LogP contribution in [-0.2, 0) is 10.2 Å². The van der Waals surface area contributed by atoms with E-state index in [1.807, 2.05) is 23.1 Å². The lowest BCUT2D eigenvalue weighted by Gasteiger charge is -2.39. The summed E-state index contributed by atoms with van der Waals surface area (Å²) in [6.45, 7) is 8.51. The van der Waals surface area contributed by atoms with Gasteiger partial charge in [0.2, 0.25) is 5.91 Å². The number of thiophene rings is 1. The number of aromatic nitrogens is 1. The van der Waals surface area contributed by atoms with Crippen molar-refractivity contribution < 1.29 is 19.4 Å². The average molecular weight is 499 g/mol. The fourth-order valence-electron chi connectivity index (χ4n) is 5.31. The lowest BCUT2D eigenvalue weighted by atomic mass is 9.81. The van der Waals surface area contributed by atoms with E-state index in [0.717, 1.165) is 62.0 Å². The number of anilines is 1. The van der Waals surface area contributed by atoms with E-state index in [0.29, 0.717) is 11.6 Å². The van der Waals surface area contributed by atoms with Crippen molar-refractivity contribution in [2.24, 2.45) is 11.8 Å². The smallest absolute Gasteiger partial charge is 0.348 e. The van der Waals surface area contributed by atoms with Gasteiger partial charge in [-0.15, -0.1) is 11.3 Å². The van der Waals surface area contributed by atoms with Crippen LogP contribution in [0.15, 0.2) is 30.6 Å². The quantitative estimate of drug-likeness (QED) is 0.480. The molecule has 0 bridgehead atoms. The average Bonchev–Trinajstić information content (AvgIpc) is 3.27. The Bertz CT molecular complexity index is 1010. The van der Waals surface area contributed by atoms with Crippen molar-refractivity contribution in [1.29, 1.82) is 0 Å². The predicted molar refractivity (Wildman–Crippen MR) is 139 cm³/mol. The van der Waals surface area contributed by atoms with Crippen molar-refractivity contribution in [3.05, 3.63) is 40.3 Å². The first-order chi connectivity index (χ1) is 16.6. The van der Waals surface area contributed by atoms with Crippen molar-refractivity contribution in [1.82, 2.24) is 4.98 Å². The molecule has 2 aliphatic carbocycles. The number of carbonyl (C=O) groups is 2. The molecule has 0 spiro atoms.